The molecule has 0 radical (unpaired) electrons. The summed E-state index contributed by atoms with van der Waals surface area (Å²) in [7, 11) is 0. The van der Waals surface area contributed by atoms with E-state index in [1.54, 1.807) is 12.1 Å². The van der Waals surface area contributed by atoms with Gasteiger partial charge >= 0.3 is 0 Å². The molecule has 0 heterocycles. The van der Waals surface area contributed by atoms with E-state index in [0.717, 1.165) is 23.3 Å². The van der Waals surface area contributed by atoms with Gasteiger partial charge < -0.3 is 5.32 Å². The summed E-state index contributed by atoms with van der Waals surface area (Å²) in [5.41, 5.74) is 2.72. The molecule has 0 bridgehead atoms. The maximum Gasteiger partial charge on any atom is 0.187 e. The first-order chi connectivity index (χ1) is 12.1. The molecule has 3 aromatic rings. The van der Waals surface area contributed by atoms with Gasteiger partial charge in [0.15, 0.2) is 5.78 Å². The number of nitrogens with one attached hydrogen (secondary N) is 1. The Bertz CT molecular complexity index is 903. The zero-order valence-electron chi connectivity index (χ0n) is 13.2. The van der Waals surface area contributed by atoms with E-state index in [9.17, 15) is 13.6 Å². The van der Waals surface area contributed by atoms with Gasteiger partial charge in [-0.3, -0.25) is 4.79 Å². The van der Waals surface area contributed by atoms with Crippen LogP contribution in [0.25, 0.3) is 11.1 Å². The lowest BCUT2D eigenvalue weighted by Gasteiger charge is -2.03. The Morgan fingerprint density at radius 2 is 1.52 bits per heavy atom. The lowest BCUT2D eigenvalue weighted by Crippen LogP contribution is -1.97. The first-order valence-corrected chi connectivity index (χ1v) is 7.71. The number of benzene rings is 3. The fraction of sp³-hybridized carbons (Fsp3) is 0. The highest BCUT2D eigenvalue weighted by molar-refractivity contribution is 6.04. The molecular weight excluding hydrogens is 320 g/mol. The Morgan fingerprint density at radius 3 is 2.20 bits per heavy atom. The molecule has 0 unspecified atom stereocenters. The molecule has 2 nitrogen and oxygen atoms in total. The molecular formula is C21H15F2NO. The smallest absolute Gasteiger partial charge is 0.187 e. The van der Waals surface area contributed by atoms with E-state index in [-0.39, 0.29) is 11.5 Å². The first kappa shape index (κ1) is 16.6. The molecule has 0 saturated carbocycles. The third-order valence-corrected chi connectivity index (χ3v) is 3.68. The van der Waals surface area contributed by atoms with Crippen molar-refractivity contribution in [2.24, 2.45) is 0 Å². The maximum absolute atomic E-state index is 13.5. The molecule has 4 heteroatoms. The normalized spacial score (nSPS) is 10.8. The Kier molecular flexibility index (Phi) is 5.00. The van der Waals surface area contributed by atoms with Crippen LogP contribution in [0.2, 0.25) is 0 Å². The van der Waals surface area contributed by atoms with Gasteiger partial charge in [-0.2, -0.15) is 0 Å². The summed E-state index contributed by atoms with van der Waals surface area (Å²) < 4.78 is 26.3. The van der Waals surface area contributed by atoms with Crippen molar-refractivity contribution in [1.29, 1.82) is 0 Å². The van der Waals surface area contributed by atoms with Gasteiger partial charge in [0.25, 0.3) is 0 Å². The van der Waals surface area contributed by atoms with Gasteiger partial charge in [0.2, 0.25) is 0 Å². The summed E-state index contributed by atoms with van der Waals surface area (Å²) in [5, 5.41) is 2.63. The van der Waals surface area contributed by atoms with Crippen molar-refractivity contribution in [3.05, 3.63) is 102 Å². The van der Waals surface area contributed by atoms with Gasteiger partial charge in [-0.1, -0.05) is 54.6 Å². The number of carbonyl (C=O) groups excluding carboxylic acids is 1. The molecule has 0 fully saturated rings. The Hall–Kier alpha value is -3.27. The zero-order chi connectivity index (χ0) is 17.6. The minimum Gasteiger partial charge on any atom is -0.359 e. The number of hydrogen-bond donors (Lipinski definition) is 1. The number of allylic oxidation sites excluding steroid dienone is 1. The van der Waals surface area contributed by atoms with E-state index in [1.807, 2.05) is 42.5 Å². The van der Waals surface area contributed by atoms with Crippen molar-refractivity contribution in [3.63, 3.8) is 0 Å². The van der Waals surface area contributed by atoms with Gasteiger partial charge in [0.1, 0.15) is 11.6 Å². The van der Waals surface area contributed by atoms with Crippen molar-refractivity contribution >= 4 is 11.5 Å². The minimum absolute atomic E-state index is 0.102. The number of hydrogen-bond acceptors (Lipinski definition) is 2. The summed E-state index contributed by atoms with van der Waals surface area (Å²) in [6, 6.07) is 20.3. The monoisotopic (exact) mass is 335 g/mol. The van der Waals surface area contributed by atoms with E-state index >= 15 is 0 Å². The van der Waals surface area contributed by atoms with E-state index < -0.39 is 11.6 Å². The largest absolute Gasteiger partial charge is 0.359 e. The summed E-state index contributed by atoms with van der Waals surface area (Å²) in [5.74, 6) is -1.58. The number of halogens is 2. The standard InChI is InChI=1S/C21H15F2NO/c22-18-10-11-20(19(23)14-18)24-13-12-21(25)17-8-6-16(7-9-17)15-4-2-1-3-5-15/h1-14,24H/b13-12+. The van der Waals surface area contributed by atoms with Gasteiger partial charge in [-0.05, 0) is 23.3 Å². The van der Waals surface area contributed by atoms with Crippen molar-refractivity contribution in [3.8, 4) is 11.1 Å². The van der Waals surface area contributed by atoms with Crippen LogP contribution in [-0.4, -0.2) is 5.78 Å². The van der Waals surface area contributed by atoms with Crippen LogP contribution >= 0.6 is 0 Å². The number of carbonyl (C=O) groups is 1. The van der Waals surface area contributed by atoms with E-state index in [1.165, 1.54) is 18.3 Å². The molecule has 0 spiro atoms. The third kappa shape index (κ3) is 4.18. The van der Waals surface area contributed by atoms with Crippen LogP contribution in [0.3, 0.4) is 0 Å². The molecule has 124 valence electrons. The highest BCUT2D eigenvalue weighted by Gasteiger charge is 2.04. The van der Waals surface area contributed by atoms with Crippen LogP contribution in [0, 0.1) is 11.6 Å². The van der Waals surface area contributed by atoms with Crippen LogP contribution in [0.4, 0.5) is 14.5 Å². The Morgan fingerprint density at radius 1 is 0.840 bits per heavy atom. The Labute approximate surface area is 144 Å². The predicted octanol–water partition coefficient (Wildman–Crippen LogP) is 5.44. The molecule has 1 N–H and O–H groups in total. The average Bonchev–Trinajstić information content (AvgIpc) is 2.64. The fourth-order valence-electron chi connectivity index (χ4n) is 2.37. The second kappa shape index (κ2) is 7.53. The van der Waals surface area contributed by atoms with Crippen molar-refractivity contribution in [2.45, 2.75) is 0 Å². The first-order valence-electron chi connectivity index (χ1n) is 7.71. The molecule has 0 atom stereocenters. The highest BCUT2D eigenvalue weighted by atomic mass is 19.1. The second-order valence-electron chi connectivity index (χ2n) is 5.41. The van der Waals surface area contributed by atoms with Crippen LogP contribution in [0.15, 0.2) is 85.1 Å². The lowest BCUT2D eigenvalue weighted by atomic mass is 10.0. The summed E-state index contributed by atoms with van der Waals surface area (Å²) in [4.78, 5) is 12.1. The molecule has 25 heavy (non-hydrogen) atoms. The van der Waals surface area contributed by atoms with Gasteiger partial charge in [-0.15, -0.1) is 0 Å². The molecule has 0 aliphatic heterocycles. The van der Waals surface area contributed by atoms with Crippen molar-refractivity contribution < 1.29 is 13.6 Å². The second-order valence-corrected chi connectivity index (χ2v) is 5.41. The molecule has 0 amide bonds. The third-order valence-electron chi connectivity index (χ3n) is 3.68. The molecule has 0 aliphatic carbocycles. The van der Waals surface area contributed by atoms with Crippen molar-refractivity contribution in [2.75, 3.05) is 5.32 Å². The van der Waals surface area contributed by atoms with E-state index in [2.05, 4.69) is 5.32 Å². The van der Waals surface area contributed by atoms with Crippen LogP contribution < -0.4 is 5.32 Å². The molecule has 0 aliphatic rings. The number of ketones is 1. The zero-order valence-corrected chi connectivity index (χ0v) is 13.2. The summed E-state index contributed by atoms with van der Waals surface area (Å²) in [6.45, 7) is 0. The summed E-state index contributed by atoms with van der Waals surface area (Å²) >= 11 is 0. The fourth-order valence-corrected chi connectivity index (χ4v) is 2.37. The van der Waals surface area contributed by atoms with Crippen LogP contribution in [-0.2, 0) is 0 Å². The quantitative estimate of drug-likeness (QED) is 0.497. The van der Waals surface area contributed by atoms with E-state index in [0.29, 0.717) is 5.56 Å². The predicted molar refractivity (Wildman–Crippen MR) is 95.3 cm³/mol. The topological polar surface area (TPSA) is 29.1 Å². The lowest BCUT2D eigenvalue weighted by molar-refractivity contribution is 0.104. The maximum atomic E-state index is 13.5. The highest BCUT2D eigenvalue weighted by Crippen LogP contribution is 2.19. The van der Waals surface area contributed by atoms with E-state index in [4.69, 9.17) is 0 Å². The van der Waals surface area contributed by atoms with Crippen LogP contribution in [0.5, 0.6) is 0 Å². The number of anilines is 1. The van der Waals surface area contributed by atoms with Crippen molar-refractivity contribution in [1.82, 2.24) is 0 Å². The van der Waals surface area contributed by atoms with Gasteiger partial charge in [-0.25, -0.2) is 8.78 Å². The summed E-state index contributed by atoms with van der Waals surface area (Å²) in [6.07, 6.45) is 2.64. The molecule has 3 rings (SSSR count). The Balaban J connectivity index is 1.67. The SMILES string of the molecule is O=C(/C=C/Nc1ccc(F)cc1F)c1ccc(-c2ccccc2)cc1. The van der Waals surface area contributed by atoms with Crippen LogP contribution in [0.1, 0.15) is 10.4 Å². The molecule has 0 saturated heterocycles. The minimum atomic E-state index is -0.718. The average molecular weight is 335 g/mol. The molecule has 0 aromatic heterocycles. The molecule has 3 aromatic carbocycles. The number of rotatable bonds is 5. The van der Waals surface area contributed by atoms with Gasteiger partial charge in [0.05, 0.1) is 5.69 Å². The van der Waals surface area contributed by atoms with Gasteiger partial charge in [0, 0.05) is 23.9 Å².